The van der Waals surface area contributed by atoms with Crippen molar-refractivity contribution in [3.63, 3.8) is 0 Å². The number of rotatable bonds is 1. The van der Waals surface area contributed by atoms with E-state index >= 15 is 0 Å². The van der Waals surface area contributed by atoms with Crippen molar-refractivity contribution in [1.29, 1.82) is 0 Å². The van der Waals surface area contributed by atoms with E-state index in [1.54, 1.807) is 19.2 Å². The highest BCUT2D eigenvalue weighted by Crippen LogP contribution is 2.28. The maximum Gasteiger partial charge on any atom is 0.404 e. The highest BCUT2D eigenvalue weighted by molar-refractivity contribution is 5.49. The van der Waals surface area contributed by atoms with Crippen LogP contribution in [0.2, 0.25) is 0 Å². The fourth-order valence-electron chi connectivity index (χ4n) is 1.90. The van der Waals surface area contributed by atoms with E-state index in [0.717, 1.165) is 16.8 Å². The predicted octanol–water partition coefficient (Wildman–Crippen LogP) is 2.30. The number of alkyl halides is 3. The first-order valence-electron chi connectivity index (χ1n) is 5.10. The first-order valence-corrected chi connectivity index (χ1v) is 5.10. The maximum absolute atomic E-state index is 12.5. The van der Waals surface area contributed by atoms with Crippen molar-refractivity contribution in [1.82, 2.24) is 5.32 Å². The summed E-state index contributed by atoms with van der Waals surface area (Å²) in [5.41, 5.74) is 2.64. The number of halogens is 3. The van der Waals surface area contributed by atoms with Crippen LogP contribution >= 0.6 is 0 Å². The average molecular weight is 230 g/mol. The molecule has 88 valence electrons. The number of anilines is 1. The summed E-state index contributed by atoms with van der Waals surface area (Å²) in [7, 11) is 1.79. The lowest BCUT2D eigenvalue weighted by atomic mass is 9.95. The Bertz CT molecular complexity index is 387. The van der Waals surface area contributed by atoms with Gasteiger partial charge in [0.05, 0.1) is 0 Å². The molecule has 1 unspecified atom stereocenters. The molecule has 2 N–H and O–H groups in total. The molecule has 0 amide bonds. The molecule has 5 heteroatoms. The van der Waals surface area contributed by atoms with Gasteiger partial charge >= 0.3 is 6.18 Å². The van der Waals surface area contributed by atoms with Crippen LogP contribution in [0.5, 0.6) is 0 Å². The Hall–Kier alpha value is -1.23. The van der Waals surface area contributed by atoms with Crippen molar-refractivity contribution in [2.45, 2.75) is 25.2 Å². The van der Waals surface area contributed by atoms with Crippen LogP contribution in [0.15, 0.2) is 18.2 Å². The van der Waals surface area contributed by atoms with Gasteiger partial charge in [-0.1, -0.05) is 6.07 Å². The second-order valence-corrected chi connectivity index (χ2v) is 3.91. The fraction of sp³-hybridized carbons (Fsp3) is 0.455. The maximum atomic E-state index is 12.5. The Morgan fingerprint density at radius 2 is 2.06 bits per heavy atom. The zero-order chi connectivity index (χ0) is 11.8. The van der Waals surface area contributed by atoms with Crippen molar-refractivity contribution >= 4 is 5.69 Å². The van der Waals surface area contributed by atoms with Gasteiger partial charge in [0, 0.05) is 19.3 Å². The molecule has 1 aliphatic rings. The molecule has 1 atom stereocenters. The predicted molar refractivity (Wildman–Crippen MR) is 56.4 cm³/mol. The van der Waals surface area contributed by atoms with Gasteiger partial charge < -0.3 is 10.6 Å². The molecular weight excluding hydrogens is 217 g/mol. The van der Waals surface area contributed by atoms with E-state index in [9.17, 15) is 13.2 Å². The largest absolute Gasteiger partial charge is 0.404 e. The molecule has 2 rings (SSSR count). The van der Waals surface area contributed by atoms with E-state index in [1.807, 2.05) is 6.07 Å². The Labute approximate surface area is 91.8 Å². The third kappa shape index (κ3) is 2.14. The SMILES string of the molecule is CNc1ccc2c(c1)CNC(C(F)(F)F)C2. The molecule has 0 fully saturated rings. The molecule has 2 nitrogen and oxygen atoms in total. The minimum atomic E-state index is -4.17. The summed E-state index contributed by atoms with van der Waals surface area (Å²) in [6.45, 7) is 0.273. The third-order valence-corrected chi connectivity index (χ3v) is 2.85. The Balaban J connectivity index is 2.22. The number of hydrogen-bond acceptors (Lipinski definition) is 2. The summed E-state index contributed by atoms with van der Waals surface area (Å²) in [6, 6.07) is 4.04. The second kappa shape index (κ2) is 3.97. The van der Waals surface area contributed by atoms with Crippen molar-refractivity contribution in [3.8, 4) is 0 Å². The van der Waals surface area contributed by atoms with Crippen LogP contribution in [0, 0.1) is 0 Å². The average Bonchev–Trinajstić information content (AvgIpc) is 2.26. The number of fused-ring (bicyclic) bond motifs is 1. The van der Waals surface area contributed by atoms with Crippen LogP contribution in [0.1, 0.15) is 11.1 Å². The lowest BCUT2D eigenvalue weighted by molar-refractivity contribution is -0.157. The number of hydrogen-bond donors (Lipinski definition) is 2. The van der Waals surface area contributed by atoms with Gasteiger partial charge in [-0.3, -0.25) is 0 Å². The van der Waals surface area contributed by atoms with E-state index in [4.69, 9.17) is 0 Å². The highest BCUT2D eigenvalue weighted by atomic mass is 19.4. The highest BCUT2D eigenvalue weighted by Gasteiger charge is 2.41. The molecule has 1 aromatic carbocycles. The first-order chi connectivity index (χ1) is 7.50. The van der Waals surface area contributed by atoms with E-state index in [1.165, 1.54) is 0 Å². The Morgan fingerprint density at radius 3 is 2.69 bits per heavy atom. The molecule has 0 saturated carbocycles. The van der Waals surface area contributed by atoms with E-state index < -0.39 is 12.2 Å². The molecule has 1 heterocycles. The van der Waals surface area contributed by atoms with Crippen LogP contribution in [-0.4, -0.2) is 19.3 Å². The van der Waals surface area contributed by atoms with Gasteiger partial charge in [-0.15, -0.1) is 0 Å². The molecule has 1 aromatic rings. The second-order valence-electron chi connectivity index (χ2n) is 3.91. The van der Waals surface area contributed by atoms with Crippen molar-refractivity contribution in [3.05, 3.63) is 29.3 Å². The minimum Gasteiger partial charge on any atom is -0.388 e. The van der Waals surface area contributed by atoms with Gasteiger partial charge in [0.15, 0.2) is 0 Å². The molecule has 0 saturated heterocycles. The summed E-state index contributed by atoms with van der Waals surface area (Å²) in [5, 5.41) is 5.48. The van der Waals surface area contributed by atoms with E-state index in [-0.39, 0.29) is 13.0 Å². The zero-order valence-electron chi connectivity index (χ0n) is 8.86. The van der Waals surface area contributed by atoms with E-state index in [0.29, 0.717) is 0 Å². The summed E-state index contributed by atoms with van der Waals surface area (Å²) >= 11 is 0. The topological polar surface area (TPSA) is 24.1 Å². The lowest BCUT2D eigenvalue weighted by Crippen LogP contribution is -2.46. The monoisotopic (exact) mass is 230 g/mol. The normalized spacial score (nSPS) is 20.4. The number of nitrogens with one attached hydrogen (secondary N) is 2. The minimum absolute atomic E-state index is 0.0167. The molecule has 0 spiro atoms. The van der Waals surface area contributed by atoms with Crippen LogP contribution in [0.25, 0.3) is 0 Å². The Kier molecular flexibility index (Phi) is 2.80. The summed E-state index contributed by atoms with van der Waals surface area (Å²) in [5.74, 6) is 0. The smallest absolute Gasteiger partial charge is 0.388 e. The van der Waals surface area contributed by atoms with Crippen molar-refractivity contribution in [2.75, 3.05) is 12.4 Å². The standard InChI is InChI=1S/C11H13F3N2/c1-15-9-3-2-7-5-10(11(12,13)14)16-6-8(7)4-9/h2-4,10,15-16H,5-6H2,1H3. The molecule has 0 bridgehead atoms. The molecule has 0 aromatic heterocycles. The van der Waals surface area contributed by atoms with Gasteiger partial charge in [-0.05, 0) is 29.7 Å². The van der Waals surface area contributed by atoms with Gasteiger partial charge in [0.2, 0.25) is 0 Å². The van der Waals surface area contributed by atoms with Crippen molar-refractivity contribution < 1.29 is 13.2 Å². The zero-order valence-corrected chi connectivity index (χ0v) is 8.86. The molecule has 0 radical (unpaired) electrons. The summed E-state index contributed by atoms with van der Waals surface area (Å²) in [6.07, 6.45) is -4.15. The van der Waals surface area contributed by atoms with Gasteiger partial charge in [0.25, 0.3) is 0 Å². The molecule has 16 heavy (non-hydrogen) atoms. The van der Waals surface area contributed by atoms with Gasteiger partial charge in [-0.25, -0.2) is 0 Å². The molecule has 1 aliphatic heterocycles. The van der Waals surface area contributed by atoms with Crippen LogP contribution < -0.4 is 10.6 Å². The third-order valence-electron chi connectivity index (χ3n) is 2.85. The van der Waals surface area contributed by atoms with Crippen molar-refractivity contribution in [2.24, 2.45) is 0 Å². The summed E-state index contributed by atoms with van der Waals surface area (Å²) < 4.78 is 37.5. The fourth-order valence-corrected chi connectivity index (χ4v) is 1.90. The van der Waals surface area contributed by atoms with Crippen LogP contribution in [0.3, 0.4) is 0 Å². The van der Waals surface area contributed by atoms with Crippen LogP contribution in [-0.2, 0) is 13.0 Å². The quantitative estimate of drug-likeness (QED) is 0.773. The Morgan fingerprint density at radius 1 is 1.31 bits per heavy atom. The number of benzene rings is 1. The summed E-state index contributed by atoms with van der Waals surface area (Å²) in [4.78, 5) is 0. The van der Waals surface area contributed by atoms with E-state index in [2.05, 4.69) is 10.6 Å². The van der Waals surface area contributed by atoms with Gasteiger partial charge in [0.1, 0.15) is 6.04 Å². The molecule has 0 aliphatic carbocycles. The van der Waals surface area contributed by atoms with Crippen LogP contribution in [0.4, 0.5) is 18.9 Å². The first kappa shape index (κ1) is 11.3. The van der Waals surface area contributed by atoms with Gasteiger partial charge in [-0.2, -0.15) is 13.2 Å². The lowest BCUT2D eigenvalue weighted by Gasteiger charge is -2.28. The molecular formula is C11H13F3N2.